The third-order valence-corrected chi connectivity index (χ3v) is 4.22. The van der Waals surface area contributed by atoms with Gasteiger partial charge in [0.15, 0.2) is 0 Å². The van der Waals surface area contributed by atoms with Gasteiger partial charge in [-0.2, -0.15) is 0 Å². The number of imidazole rings is 1. The van der Waals surface area contributed by atoms with E-state index in [1.165, 1.54) is 0 Å². The van der Waals surface area contributed by atoms with Crippen molar-refractivity contribution in [2.45, 2.75) is 0 Å². The molecule has 4 heteroatoms. The molecule has 26 heavy (non-hydrogen) atoms. The van der Waals surface area contributed by atoms with Gasteiger partial charge in [-0.1, -0.05) is 60.7 Å². The molecule has 0 aliphatic heterocycles. The molecule has 4 rings (SSSR count). The fourth-order valence-electron chi connectivity index (χ4n) is 2.99. The van der Waals surface area contributed by atoms with Crippen molar-refractivity contribution in [2.75, 3.05) is 0 Å². The fraction of sp³-hybridized carbons (Fsp3) is 0. The van der Waals surface area contributed by atoms with Crippen molar-refractivity contribution in [3.8, 4) is 22.4 Å². The SMILES string of the molecule is O=C(O)/C=C\c1c(-c2ccc(-c3ccccc3)cc2)nc2ccccn12. The monoisotopic (exact) mass is 340 g/mol. The Morgan fingerprint density at radius 1 is 0.846 bits per heavy atom. The van der Waals surface area contributed by atoms with Gasteiger partial charge in [-0.25, -0.2) is 9.78 Å². The highest BCUT2D eigenvalue weighted by atomic mass is 16.4. The minimum Gasteiger partial charge on any atom is -0.478 e. The Hall–Kier alpha value is -3.66. The molecule has 0 atom stereocenters. The number of carboxylic acids is 1. The molecule has 4 aromatic rings. The van der Waals surface area contributed by atoms with Crippen LogP contribution in [0.5, 0.6) is 0 Å². The van der Waals surface area contributed by atoms with E-state index < -0.39 is 5.97 Å². The summed E-state index contributed by atoms with van der Waals surface area (Å²) in [4.78, 5) is 15.6. The van der Waals surface area contributed by atoms with Crippen LogP contribution >= 0.6 is 0 Å². The molecule has 0 aliphatic rings. The third kappa shape index (κ3) is 3.00. The number of benzene rings is 2. The van der Waals surface area contributed by atoms with E-state index in [1.807, 2.05) is 59.1 Å². The molecule has 126 valence electrons. The summed E-state index contributed by atoms with van der Waals surface area (Å²) in [7, 11) is 0. The molecule has 0 bridgehead atoms. The summed E-state index contributed by atoms with van der Waals surface area (Å²) in [6.07, 6.45) is 4.60. The van der Waals surface area contributed by atoms with E-state index in [-0.39, 0.29) is 0 Å². The number of carboxylic acid groups (broad SMARTS) is 1. The maximum Gasteiger partial charge on any atom is 0.328 e. The largest absolute Gasteiger partial charge is 0.478 e. The first-order chi connectivity index (χ1) is 12.7. The van der Waals surface area contributed by atoms with Crippen molar-refractivity contribution >= 4 is 17.7 Å². The van der Waals surface area contributed by atoms with Gasteiger partial charge in [0, 0.05) is 17.8 Å². The highest BCUT2D eigenvalue weighted by Crippen LogP contribution is 2.28. The summed E-state index contributed by atoms with van der Waals surface area (Å²) in [6.45, 7) is 0. The van der Waals surface area contributed by atoms with Crippen LogP contribution in [0, 0.1) is 0 Å². The van der Waals surface area contributed by atoms with Crippen molar-refractivity contribution in [1.29, 1.82) is 0 Å². The van der Waals surface area contributed by atoms with Crippen LogP contribution in [0.15, 0.2) is 85.1 Å². The number of aliphatic carboxylic acids is 1. The highest BCUT2D eigenvalue weighted by molar-refractivity contribution is 5.87. The minimum absolute atomic E-state index is 0.746. The molecule has 2 aromatic heterocycles. The first kappa shape index (κ1) is 15.8. The Kier molecular flexibility index (Phi) is 4.07. The van der Waals surface area contributed by atoms with Gasteiger partial charge in [0.05, 0.1) is 11.4 Å². The van der Waals surface area contributed by atoms with Gasteiger partial charge in [0.1, 0.15) is 5.65 Å². The normalized spacial score (nSPS) is 11.2. The van der Waals surface area contributed by atoms with E-state index in [0.717, 1.165) is 39.8 Å². The zero-order chi connectivity index (χ0) is 17.9. The van der Waals surface area contributed by atoms with Gasteiger partial charge < -0.3 is 5.11 Å². The number of fused-ring (bicyclic) bond motifs is 1. The van der Waals surface area contributed by atoms with Crippen molar-refractivity contribution in [3.63, 3.8) is 0 Å². The number of carbonyl (C=O) groups is 1. The van der Waals surface area contributed by atoms with E-state index in [9.17, 15) is 4.79 Å². The average Bonchev–Trinajstić information content (AvgIpc) is 3.06. The fourth-order valence-corrected chi connectivity index (χ4v) is 2.99. The van der Waals surface area contributed by atoms with Gasteiger partial charge in [-0.05, 0) is 29.3 Å². The summed E-state index contributed by atoms with van der Waals surface area (Å²) in [5.74, 6) is -0.985. The van der Waals surface area contributed by atoms with E-state index in [0.29, 0.717) is 0 Å². The molecule has 2 heterocycles. The second-order valence-electron chi connectivity index (χ2n) is 5.89. The lowest BCUT2D eigenvalue weighted by molar-refractivity contribution is -0.131. The van der Waals surface area contributed by atoms with E-state index in [2.05, 4.69) is 29.2 Å². The molecule has 1 N–H and O–H groups in total. The molecule has 0 aliphatic carbocycles. The zero-order valence-corrected chi connectivity index (χ0v) is 13.9. The number of nitrogens with zero attached hydrogens (tertiary/aromatic N) is 2. The smallest absolute Gasteiger partial charge is 0.328 e. The van der Waals surface area contributed by atoms with Crippen molar-refractivity contribution in [1.82, 2.24) is 9.38 Å². The molecule has 4 nitrogen and oxygen atoms in total. The predicted molar refractivity (Wildman–Crippen MR) is 103 cm³/mol. The molecule has 0 radical (unpaired) electrons. The zero-order valence-electron chi connectivity index (χ0n) is 13.9. The number of hydrogen-bond acceptors (Lipinski definition) is 2. The summed E-state index contributed by atoms with van der Waals surface area (Å²) in [6, 6.07) is 24.0. The lowest BCUT2D eigenvalue weighted by Gasteiger charge is -2.04. The number of pyridine rings is 1. The topological polar surface area (TPSA) is 54.6 Å². The van der Waals surface area contributed by atoms with Gasteiger partial charge in [-0.3, -0.25) is 4.40 Å². The van der Waals surface area contributed by atoms with Crippen LogP contribution in [0.3, 0.4) is 0 Å². The predicted octanol–water partition coefficient (Wildman–Crippen LogP) is 4.77. The Bertz CT molecular complexity index is 1090. The Balaban J connectivity index is 1.81. The van der Waals surface area contributed by atoms with Crippen LogP contribution in [0.1, 0.15) is 5.69 Å². The standard InChI is InChI=1S/C22H16N2O2/c25-21(26)14-13-19-22(23-20-8-4-5-15-24(19)20)18-11-9-17(10-12-18)16-6-2-1-3-7-16/h1-15H,(H,25,26)/b14-13-. The van der Waals surface area contributed by atoms with E-state index >= 15 is 0 Å². The van der Waals surface area contributed by atoms with Gasteiger partial charge in [-0.15, -0.1) is 0 Å². The lowest BCUT2D eigenvalue weighted by Crippen LogP contribution is -1.90. The van der Waals surface area contributed by atoms with Gasteiger partial charge in [0.25, 0.3) is 0 Å². The number of rotatable bonds is 4. The molecule has 0 spiro atoms. The maximum atomic E-state index is 11.0. The lowest BCUT2D eigenvalue weighted by atomic mass is 10.0. The first-order valence-corrected chi connectivity index (χ1v) is 8.26. The van der Waals surface area contributed by atoms with Gasteiger partial charge in [0.2, 0.25) is 0 Å². The van der Waals surface area contributed by atoms with Crippen LogP contribution in [-0.4, -0.2) is 20.5 Å². The molecule has 0 saturated carbocycles. The molecule has 2 aromatic carbocycles. The van der Waals surface area contributed by atoms with Crippen LogP contribution in [0.25, 0.3) is 34.1 Å². The van der Waals surface area contributed by atoms with Crippen LogP contribution in [0.2, 0.25) is 0 Å². The summed E-state index contributed by atoms with van der Waals surface area (Å²) < 4.78 is 1.89. The van der Waals surface area contributed by atoms with E-state index in [1.54, 1.807) is 6.08 Å². The summed E-state index contributed by atoms with van der Waals surface area (Å²) in [5, 5.41) is 8.99. The molecule has 0 unspecified atom stereocenters. The second-order valence-corrected chi connectivity index (χ2v) is 5.89. The Morgan fingerprint density at radius 2 is 1.50 bits per heavy atom. The second kappa shape index (κ2) is 6.69. The third-order valence-electron chi connectivity index (χ3n) is 4.22. The number of aromatic nitrogens is 2. The summed E-state index contributed by atoms with van der Waals surface area (Å²) in [5.41, 5.74) is 5.50. The van der Waals surface area contributed by atoms with Gasteiger partial charge >= 0.3 is 5.97 Å². The molecular formula is C22H16N2O2. The molecular weight excluding hydrogens is 324 g/mol. The van der Waals surface area contributed by atoms with Crippen LogP contribution < -0.4 is 0 Å². The quantitative estimate of drug-likeness (QED) is 0.545. The van der Waals surface area contributed by atoms with Crippen molar-refractivity contribution in [2.24, 2.45) is 0 Å². The van der Waals surface area contributed by atoms with E-state index in [4.69, 9.17) is 5.11 Å². The maximum absolute atomic E-state index is 11.0. The average molecular weight is 340 g/mol. The molecule has 0 amide bonds. The molecule has 0 saturated heterocycles. The molecule has 0 fully saturated rings. The minimum atomic E-state index is -0.985. The van der Waals surface area contributed by atoms with Crippen LogP contribution in [0.4, 0.5) is 0 Å². The summed E-state index contributed by atoms with van der Waals surface area (Å²) >= 11 is 0. The Labute approximate surface area is 150 Å². The highest BCUT2D eigenvalue weighted by Gasteiger charge is 2.12. The Morgan fingerprint density at radius 3 is 2.23 bits per heavy atom. The first-order valence-electron chi connectivity index (χ1n) is 8.26. The van der Waals surface area contributed by atoms with Crippen LogP contribution in [-0.2, 0) is 4.79 Å². The van der Waals surface area contributed by atoms with Crippen molar-refractivity contribution < 1.29 is 9.90 Å². The van der Waals surface area contributed by atoms with Crippen molar-refractivity contribution in [3.05, 3.63) is 90.8 Å². The number of hydrogen-bond donors (Lipinski definition) is 1.